The Morgan fingerprint density at radius 1 is 1.59 bits per heavy atom. The van der Waals surface area contributed by atoms with E-state index in [9.17, 15) is 4.39 Å². The predicted octanol–water partition coefficient (Wildman–Crippen LogP) is 2.22. The van der Waals surface area contributed by atoms with E-state index in [0.29, 0.717) is 12.2 Å². The summed E-state index contributed by atoms with van der Waals surface area (Å²) < 4.78 is 20.2. The van der Waals surface area contributed by atoms with Crippen LogP contribution in [0.3, 0.4) is 0 Å². The number of nitrogens with one attached hydrogen (secondary N) is 1. The van der Waals surface area contributed by atoms with Gasteiger partial charge in [0.25, 0.3) is 0 Å². The van der Waals surface area contributed by atoms with Gasteiger partial charge in [-0.25, -0.2) is 4.39 Å². The summed E-state index contributed by atoms with van der Waals surface area (Å²) in [5.74, 6) is 7.07. The zero-order chi connectivity index (χ0) is 12.3. The van der Waals surface area contributed by atoms with Crippen LogP contribution < -0.4 is 11.3 Å². The first-order chi connectivity index (χ1) is 8.22. The first-order valence-electron chi connectivity index (χ1n) is 5.33. The molecular formula is C11H14BrFN2OS. The molecule has 6 heteroatoms. The fourth-order valence-electron chi connectivity index (χ4n) is 1.85. The lowest BCUT2D eigenvalue weighted by atomic mass is 10.0. The molecule has 0 saturated carbocycles. The molecule has 1 fully saturated rings. The van der Waals surface area contributed by atoms with Crippen LogP contribution in [0.15, 0.2) is 22.7 Å². The van der Waals surface area contributed by atoms with Gasteiger partial charge in [-0.05, 0) is 18.2 Å². The number of nitrogens with two attached hydrogens (primary N) is 1. The van der Waals surface area contributed by atoms with Crippen LogP contribution in [0.4, 0.5) is 4.39 Å². The van der Waals surface area contributed by atoms with E-state index in [-0.39, 0.29) is 18.0 Å². The molecule has 0 amide bonds. The summed E-state index contributed by atoms with van der Waals surface area (Å²) in [6.07, 6.45) is -0.0949. The third kappa shape index (κ3) is 3.20. The van der Waals surface area contributed by atoms with Crippen LogP contribution in [-0.2, 0) is 4.74 Å². The maximum atomic E-state index is 13.8. The molecular weight excluding hydrogens is 307 g/mol. The number of halogens is 2. The number of hydrazine groups is 1. The number of hydrogen-bond acceptors (Lipinski definition) is 4. The molecule has 3 nitrogen and oxygen atoms in total. The molecule has 1 aliphatic rings. The maximum Gasteiger partial charge on any atom is 0.128 e. The highest BCUT2D eigenvalue weighted by atomic mass is 79.9. The van der Waals surface area contributed by atoms with Gasteiger partial charge in [0.05, 0.1) is 18.8 Å². The second-order valence-electron chi connectivity index (χ2n) is 3.79. The van der Waals surface area contributed by atoms with Gasteiger partial charge >= 0.3 is 0 Å². The van der Waals surface area contributed by atoms with Crippen LogP contribution in [0.1, 0.15) is 11.6 Å². The smallest absolute Gasteiger partial charge is 0.128 e. The summed E-state index contributed by atoms with van der Waals surface area (Å²) in [6, 6.07) is 4.52. The third-order valence-electron chi connectivity index (χ3n) is 2.69. The third-order valence-corrected chi connectivity index (χ3v) is 4.20. The van der Waals surface area contributed by atoms with E-state index in [1.807, 2.05) is 0 Å². The lowest BCUT2D eigenvalue weighted by Crippen LogP contribution is -2.41. The van der Waals surface area contributed by atoms with Crippen LogP contribution >= 0.6 is 27.7 Å². The minimum atomic E-state index is -0.319. The maximum absolute atomic E-state index is 13.8. The fourth-order valence-corrected chi connectivity index (χ4v) is 3.13. The van der Waals surface area contributed by atoms with Crippen molar-refractivity contribution in [1.29, 1.82) is 0 Å². The quantitative estimate of drug-likeness (QED) is 0.662. The molecule has 17 heavy (non-hydrogen) atoms. The molecule has 2 rings (SSSR count). The number of rotatable bonds is 3. The van der Waals surface area contributed by atoms with Crippen molar-refractivity contribution in [1.82, 2.24) is 5.43 Å². The Balaban J connectivity index is 2.24. The summed E-state index contributed by atoms with van der Waals surface area (Å²) >= 11 is 5.13. The molecule has 3 N–H and O–H groups in total. The van der Waals surface area contributed by atoms with Crippen molar-refractivity contribution in [2.45, 2.75) is 12.1 Å². The van der Waals surface area contributed by atoms with E-state index in [0.717, 1.165) is 16.0 Å². The van der Waals surface area contributed by atoms with Gasteiger partial charge in [-0.15, -0.1) is 0 Å². The summed E-state index contributed by atoms with van der Waals surface area (Å²) in [6.45, 7) is 0.684. The minimum Gasteiger partial charge on any atom is -0.374 e. The van der Waals surface area contributed by atoms with Gasteiger partial charge in [0.2, 0.25) is 0 Å². The highest BCUT2D eigenvalue weighted by Gasteiger charge is 2.27. The van der Waals surface area contributed by atoms with Crippen molar-refractivity contribution in [3.8, 4) is 0 Å². The Morgan fingerprint density at radius 3 is 3.06 bits per heavy atom. The average Bonchev–Trinajstić information content (AvgIpc) is 2.36. The molecule has 1 aromatic rings. The Labute approximate surface area is 112 Å². The van der Waals surface area contributed by atoms with E-state index in [2.05, 4.69) is 21.4 Å². The number of benzene rings is 1. The van der Waals surface area contributed by atoms with Crippen LogP contribution in [0, 0.1) is 5.82 Å². The monoisotopic (exact) mass is 320 g/mol. The van der Waals surface area contributed by atoms with Gasteiger partial charge in [0.1, 0.15) is 5.82 Å². The van der Waals surface area contributed by atoms with Crippen LogP contribution in [-0.4, -0.2) is 24.2 Å². The van der Waals surface area contributed by atoms with Gasteiger partial charge < -0.3 is 4.74 Å². The Bertz CT molecular complexity index is 388. The van der Waals surface area contributed by atoms with Crippen LogP contribution in [0.25, 0.3) is 0 Å². The van der Waals surface area contributed by atoms with Crippen molar-refractivity contribution < 1.29 is 9.13 Å². The van der Waals surface area contributed by atoms with Crippen LogP contribution in [0.2, 0.25) is 0 Å². The Kier molecular flexibility index (Phi) is 4.81. The van der Waals surface area contributed by atoms with Gasteiger partial charge in [-0.1, -0.05) is 15.9 Å². The second kappa shape index (κ2) is 6.15. The standard InChI is InChI=1S/C11H14BrFN2OS/c12-7-1-2-9(13)8(5-7)11(15-14)10-6-17-4-3-16-10/h1-2,5,10-11,15H,3-4,6,14H2. The van der Waals surface area contributed by atoms with Crippen molar-refractivity contribution in [2.75, 3.05) is 18.1 Å². The summed E-state index contributed by atoms with van der Waals surface area (Å²) in [5.41, 5.74) is 3.19. The average molecular weight is 321 g/mol. The van der Waals surface area contributed by atoms with Crippen molar-refractivity contribution in [2.24, 2.45) is 5.84 Å². The van der Waals surface area contributed by atoms with Gasteiger partial charge in [0.15, 0.2) is 0 Å². The zero-order valence-electron chi connectivity index (χ0n) is 9.16. The second-order valence-corrected chi connectivity index (χ2v) is 5.86. The Morgan fingerprint density at radius 2 is 2.41 bits per heavy atom. The van der Waals surface area contributed by atoms with Crippen molar-refractivity contribution >= 4 is 27.7 Å². The van der Waals surface area contributed by atoms with Gasteiger partial charge in [0, 0.05) is 21.5 Å². The number of ether oxygens (including phenoxy) is 1. The SMILES string of the molecule is NNC(c1cc(Br)ccc1F)C1CSCCO1. The highest BCUT2D eigenvalue weighted by Crippen LogP contribution is 2.28. The topological polar surface area (TPSA) is 47.3 Å². The van der Waals surface area contributed by atoms with E-state index in [4.69, 9.17) is 10.6 Å². The van der Waals surface area contributed by atoms with Crippen LogP contribution in [0.5, 0.6) is 0 Å². The molecule has 1 aliphatic heterocycles. The molecule has 1 heterocycles. The summed E-state index contributed by atoms with van der Waals surface area (Å²) in [4.78, 5) is 0. The highest BCUT2D eigenvalue weighted by molar-refractivity contribution is 9.10. The zero-order valence-corrected chi connectivity index (χ0v) is 11.6. The number of thioether (sulfide) groups is 1. The van der Waals surface area contributed by atoms with E-state index in [1.165, 1.54) is 6.07 Å². The van der Waals surface area contributed by atoms with E-state index in [1.54, 1.807) is 23.9 Å². The molecule has 0 aliphatic carbocycles. The molecule has 1 saturated heterocycles. The molecule has 0 spiro atoms. The van der Waals surface area contributed by atoms with E-state index < -0.39 is 0 Å². The van der Waals surface area contributed by atoms with E-state index >= 15 is 0 Å². The molecule has 2 atom stereocenters. The lowest BCUT2D eigenvalue weighted by Gasteiger charge is -2.30. The Hall–Kier alpha value is -0.140. The minimum absolute atomic E-state index is 0.0949. The first-order valence-corrected chi connectivity index (χ1v) is 7.27. The molecule has 0 aromatic heterocycles. The van der Waals surface area contributed by atoms with Crippen molar-refractivity contribution in [3.63, 3.8) is 0 Å². The normalized spacial score (nSPS) is 22.4. The predicted molar refractivity (Wildman–Crippen MR) is 71.2 cm³/mol. The molecule has 94 valence electrons. The van der Waals surface area contributed by atoms with Gasteiger partial charge in [-0.3, -0.25) is 11.3 Å². The molecule has 0 radical (unpaired) electrons. The summed E-state index contributed by atoms with van der Waals surface area (Å²) in [5, 5.41) is 0. The first kappa shape index (κ1) is 13.3. The molecule has 1 aromatic carbocycles. The summed E-state index contributed by atoms with van der Waals surface area (Å²) in [7, 11) is 0. The number of hydrogen-bond donors (Lipinski definition) is 2. The van der Waals surface area contributed by atoms with Gasteiger partial charge in [-0.2, -0.15) is 11.8 Å². The fraction of sp³-hybridized carbons (Fsp3) is 0.455. The lowest BCUT2D eigenvalue weighted by molar-refractivity contribution is 0.0458. The van der Waals surface area contributed by atoms with Crippen molar-refractivity contribution in [3.05, 3.63) is 34.1 Å². The molecule has 2 unspecified atom stereocenters. The largest absolute Gasteiger partial charge is 0.374 e. The molecule has 0 bridgehead atoms.